The number of ketones is 2. The molecule has 7 heteroatoms. The van der Waals surface area contributed by atoms with Gasteiger partial charge >= 0.3 is 0 Å². The number of carbonyl (C=O) groups excluding carboxylic acids is 2. The Morgan fingerprint density at radius 1 is 0.818 bits per heavy atom. The first kappa shape index (κ1) is 22.5. The van der Waals surface area contributed by atoms with E-state index in [9.17, 15) is 9.59 Å². The van der Waals surface area contributed by atoms with Crippen LogP contribution in [0, 0.1) is 0 Å². The summed E-state index contributed by atoms with van der Waals surface area (Å²) in [5.74, 6) is 1.20. The van der Waals surface area contributed by atoms with E-state index in [2.05, 4.69) is 0 Å². The highest BCUT2D eigenvalue weighted by Gasteiger charge is 2.42. The predicted molar refractivity (Wildman–Crippen MR) is 128 cm³/mol. The summed E-state index contributed by atoms with van der Waals surface area (Å²) >= 11 is 19.4. The molecule has 0 unspecified atom stereocenters. The first-order chi connectivity index (χ1) is 15.9. The van der Waals surface area contributed by atoms with Crippen LogP contribution in [0.1, 0.15) is 55.6 Å². The number of hydrogen-bond donors (Lipinski definition) is 0. The third-order valence-corrected chi connectivity index (χ3v) is 7.25. The van der Waals surface area contributed by atoms with E-state index < -0.39 is 5.92 Å². The van der Waals surface area contributed by atoms with E-state index in [0.717, 1.165) is 18.4 Å². The second kappa shape index (κ2) is 9.17. The lowest BCUT2D eigenvalue weighted by molar-refractivity contribution is -0.117. The standard InChI is InChI=1S/C26H21Cl3O4/c27-16-6-2-1-5-14(16)13-32-26-17(28)11-15(12-18(26)29)23-24-19(30)7-3-9-21(24)33-22-10-4-8-20(31)25(22)23/h1-2,5-6,11-12,23H,3-4,7-10,13H2. The maximum Gasteiger partial charge on any atom is 0.163 e. The number of rotatable bonds is 4. The van der Waals surface area contributed by atoms with Gasteiger partial charge in [-0.15, -0.1) is 0 Å². The van der Waals surface area contributed by atoms with Crippen LogP contribution in [-0.2, 0) is 20.9 Å². The van der Waals surface area contributed by atoms with Gasteiger partial charge in [0.15, 0.2) is 17.3 Å². The molecule has 2 aromatic carbocycles. The Labute approximate surface area is 207 Å². The Morgan fingerprint density at radius 2 is 1.39 bits per heavy atom. The quantitative estimate of drug-likeness (QED) is 0.437. The van der Waals surface area contributed by atoms with Gasteiger partial charge in [-0.2, -0.15) is 0 Å². The summed E-state index contributed by atoms with van der Waals surface area (Å²) in [6.45, 7) is 0.206. The smallest absolute Gasteiger partial charge is 0.163 e. The fraction of sp³-hybridized carbons (Fsp3) is 0.308. The molecule has 1 aliphatic heterocycles. The van der Waals surface area contributed by atoms with Crippen LogP contribution in [0.2, 0.25) is 15.1 Å². The van der Waals surface area contributed by atoms with Crippen LogP contribution >= 0.6 is 34.8 Å². The van der Waals surface area contributed by atoms with Crippen LogP contribution in [0.5, 0.6) is 5.75 Å². The molecule has 0 atom stereocenters. The highest BCUT2D eigenvalue weighted by molar-refractivity contribution is 6.37. The van der Waals surface area contributed by atoms with Crippen molar-refractivity contribution in [2.45, 2.75) is 51.0 Å². The van der Waals surface area contributed by atoms with Gasteiger partial charge in [-0.05, 0) is 36.6 Å². The summed E-state index contributed by atoms with van der Waals surface area (Å²) in [4.78, 5) is 25.9. The molecule has 0 N–H and O–H groups in total. The molecule has 0 aromatic heterocycles. The Bertz CT molecular complexity index is 1160. The number of halogens is 3. The minimum atomic E-state index is -0.517. The molecule has 170 valence electrons. The molecule has 2 aromatic rings. The summed E-state index contributed by atoms with van der Waals surface area (Å²) in [5, 5.41) is 1.22. The number of carbonyl (C=O) groups is 2. The molecule has 2 aliphatic carbocycles. The summed E-state index contributed by atoms with van der Waals surface area (Å²) in [5.41, 5.74) is 2.63. The highest BCUT2D eigenvalue weighted by atomic mass is 35.5. The first-order valence-corrected chi connectivity index (χ1v) is 12.1. The van der Waals surface area contributed by atoms with Gasteiger partial charge in [-0.3, -0.25) is 9.59 Å². The van der Waals surface area contributed by atoms with Gasteiger partial charge in [0.05, 0.1) is 10.0 Å². The Morgan fingerprint density at radius 3 is 1.97 bits per heavy atom. The topological polar surface area (TPSA) is 52.6 Å². The van der Waals surface area contributed by atoms with Crippen molar-refractivity contribution in [2.75, 3.05) is 0 Å². The Balaban J connectivity index is 1.54. The maximum absolute atomic E-state index is 12.9. The lowest BCUT2D eigenvalue weighted by Crippen LogP contribution is -2.30. The third kappa shape index (κ3) is 4.21. The first-order valence-electron chi connectivity index (χ1n) is 11.0. The Hall–Kier alpha value is -2.27. The molecule has 33 heavy (non-hydrogen) atoms. The van der Waals surface area contributed by atoms with Crippen molar-refractivity contribution in [1.29, 1.82) is 0 Å². The van der Waals surface area contributed by atoms with Crippen LogP contribution in [0.4, 0.5) is 0 Å². The van der Waals surface area contributed by atoms with Gasteiger partial charge in [0.1, 0.15) is 18.1 Å². The van der Waals surface area contributed by atoms with Crippen LogP contribution in [0.25, 0.3) is 0 Å². The van der Waals surface area contributed by atoms with Crippen LogP contribution in [0.3, 0.4) is 0 Å². The van der Waals surface area contributed by atoms with Crippen molar-refractivity contribution in [3.8, 4) is 5.75 Å². The van der Waals surface area contributed by atoms with Crippen LogP contribution < -0.4 is 4.74 Å². The summed E-state index contributed by atoms with van der Waals surface area (Å²) in [6, 6.07) is 10.9. The van der Waals surface area contributed by atoms with E-state index >= 15 is 0 Å². The zero-order valence-corrected chi connectivity index (χ0v) is 20.0. The molecule has 1 heterocycles. The van der Waals surface area contributed by atoms with Crippen molar-refractivity contribution in [3.05, 3.63) is 85.3 Å². The van der Waals surface area contributed by atoms with E-state index in [0.29, 0.717) is 74.7 Å². The number of hydrogen-bond acceptors (Lipinski definition) is 4. The molecule has 0 radical (unpaired) electrons. The monoisotopic (exact) mass is 502 g/mol. The minimum Gasteiger partial charge on any atom is -0.486 e. The molecule has 0 amide bonds. The second-order valence-corrected chi connectivity index (χ2v) is 9.68. The summed E-state index contributed by atoms with van der Waals surface area (Å²) in [7, 11) is 0. The molecule has 0 spiro atoms. The van der Waals surface area contributed by atoms with Gasteiger partial charge in [-0.25, -0.2) is 0 Å². The molecule has 3 aliphatic rings. The number of ether oxygens (including phenoxy) is 2. The molecule has 0 saturated carbocycles. The summed E-state index contributed by atoms with van der Waals surface area (Å²) < 4.78 is 12.0. The zero-order chi connectivity index (χ0) is 23.1. The van der Waals surface area contributed by atoms with Gasteiger partial charge < -0.3 is 9.47 Å². The van der Waals surface area contributed by atoms with Crippen molar-refractivity contribution in [3.63, 3.8) is 0 Å². The van der Waals surface area contributed by atoms with Gasteiger partial charge in [0.25, 0.3) is 0 Å². The zero-order valence-electron chi connectivity index (χ0n) is 17.8. The highest BCUT2D eigenvalue weighted by Crippen LogP contribution is 2.49. The van der Waals surface area contributed by atoms with E-state index in [4.69, 9.17) is 44.3 Å². The van der Waals surface area contributed by atoms with Crippen molar-refractivity contribution < 1.29 is 19.1 Å². The fourth-order valence-corrected chi connectivity index (χ4v) is 5.60. The average Bonchev–Trinajstić information content (AvgIpc) is 2.78. The minimum absolute atomic E-state index is 0.0115. The SMILES string of the molecule is O=C1CCCC2=C1C(c1cc(Cl)c(OCc3ccccc3Cl)c(Cl)c1)C1=C(CCCC1=O)O2. The predicted octanol–water partition coefficient (Wildman–Crippen LogP) is 7.35. The van der Waals surface area contributed by atoms with E-state index in [-0.39, 0.29) is 18.2 Å². The second-order valence-electron chi connectivity index (χ2n) is 8.46. The third-order valence-electron chi connectivity index (χ3n) is 6.32. The van der Waals surface area contributed by atoms with Crippen LogP contribution in [0.15, 0.2) is 59.1 Å². The normalized spacial score (nSPS) is 18.8. The van der Waals surface area contributed by atoms with Gasteiger partial charge in [0, 0.05) is 53.3 Å². The molecular formula is C26H21Cl3O4. The van der Waals surface area contributed by atoms with Crippen molar-refractivity contribution >= 4 is 46.4 Å². The molecule has 0 saturated heterocycles. The molecule has 5 rings (SSSR count). The summed E-state index contributed by atoms with van der Waals surface area (Å²) in [6.07, 6.45) is 3.74. The average molecular weight is 504 g/mol. The molecular weight excluding hydrogens is 483 g/mol. The lowest BCUT2D eigenvalue weighted by atomic mass is 9.73. The fourth-order valence-electron chi connectivity index (χ4n) is 4.80. The van der Waals surface area contributed by atoms with E-state index in [1.807, 2.05) is 18.2 Å². The van der Waals surface area contributed by atoms with Gasteiger partial charge in [0.2, 0.25) is 0 Å². The van der Waals surface area contributed by atoms with E-state index in [1.54, 1.807) is 18.2 Å². The number of Topliss-reactive ketones (excluding diaryl/α,β-unsaturated/α-hetero) is 2. The van der Waals surface area contributed by atoms with Crippen molar-refractivity contribution in [2.24, 2.45) is 0 Å². The Kier molecular flexibility index (Phi) is 6.26. The molecule has 0 bridgehead atoms. The van der Waals surface area contributed by atoms with Gasteiger partial charge in [-0.1, -0.05) is 53.0 Å². The van der Waals surface area contributed by atoms with Crippen LogP contribution in [-0.4, -0.2) is 11.6 Å². The maximum atomic E-state index is 12.9. The number of benzene rings is 2. The molecule has 0 fully saturated rings. The van der Waals surface area contributed by atoms with E-state index in [1.165, 1.54) is 0 Å². The molecule has 4 nitrogen and oxygen atoms in total. The van der Waals surface area contributed by atoms with Crippen molar-refractivity contribution in [1.82, 2.24) is 0 Å². The largest absolute Gasteiger partial charge is 0.486 e. The number of allylic oxidation sites excluding steroid dienone is 4. The lowest BCUT2D eigenvalue weighted by Gasteiger charge is -2.36.